The number of nitrogens with zero attached hydrogens (tertiary/aromatic N) is 3. The molecule has 3 aliphatic carbocycles. The number of benzene rings is 3. The Morgan fingerprint density at radius 1 is 0.980 bits per heavy atom. The third-order valence-corrected chi connectivity index (χ3v) is 11.1. The van der Waals surface area contributed by atoms with Crippen LogP contribution < -0.4 is 14.4 Å². The summed E-state index contributed by atoms with van der Waals surface area (Å²) in [6.45, 7) is 1.36. The molecule has 1 saturated carbocycles. The van der Waals surface area contributed by atoms with Crippen LogP contribution in [0.15, 0.2) is 70.8 Å². The molecule has 0 amide bonds. The van der Waals surface area contributed by atoms with Gasteiger partial charge in [0.2, 0.25) is 11.6 Å². The van der Waals surface area contributed by atoms with E-state index < -0.39 is 46.6 Å². The van der Waals surface area contributed by atoms with E-state index >= 15 is 4.39 Å². The zero-order valence-corrected chi connectivity index (χ0v) is 29.0. The lowest BCUT2D eigenvalue weighted by Crippen LogP contribution is -2.63. The lowest BCUT2D eigenvalue weighted by Gasteiger charge is -2.49. The molecular formula is C39H37ClFN3O7. The van der Waals surface area contributed by atoms with Crippen molar-refractivity contribution in [1.29, 1.82) is 0 Å². The van der Waals surface area contributed by atoms with Gasteiger partial charge < -0.3 is 29.1 Å². The van der Waals surface area contributed by atoms with Crippen LogP contribution in [0.3, 0.4) is 0 Å². The van der Waals surface area contributed by atoms with Gasteiger partial charge in [0, 0.05) is 30.1 Å². The van der Waals surface area contributed by atoms with Crippen LogP contribution in [0.5, 0.6) is 11.6 Å². The minimum absolute atomic E-state index is 0.00902. The summed E-state index contributed by atoms with van der Waals surface area (Å²) in [5.41, 5.74) is -0.904. The molecule has 1 aliphatic heterocycles. The molecule has 0 bridgehead atoms. The van der Waals surface area contributed by atoms with Gasteiger partial charge in [-0.1, -0.05) is 72.3 Å². The van der Waals surface area contributed by atoms with E-state index in [-0.39, 0.29) is 76.4 Å². The normalized spacial score (nSPS) is 24.0. The Morgan fingerprint density at radius 3 is 2.24 bits per heavy atom. The van der Waals surface area contributed by atoms with E-state index in [0.29, 0.717) is 13.1 Å². The third-order valence-electron chi connectivity index (χ3n) is 10.8. The van der Waals surface area contributed by atoms with Crippen LogP contribution in [0.2, 0.25) is 5.02 Å². The van der Waals surface area contributed by atoms with Crippen molar-refractivity contribution in [2.75, 3.05) is 32.1 Å². The highest BCUT2D eigenvalue weighted by Crippen LogP contribution is 2.57. The van der Waals surface area contributed by atoms with Crippen LogP contribution >= 0.6 is 11.6 Å². The molecule has 4 atom stereocenters. The minimum atomic E-state index is -2.60. The van der Waals surface area contributed by atoms with Crippen molar-refractivity contribution in [3.05, 3.63) is 111 Å². The summed E-state index contributed by atoms with van der Waals surface area (Å²) in [4.78, 5) is 32.8. The highest BCUT2D eigenvalue weighted by molar-refractivity contribution is 6.35. The smallest absolute Gasteiger partial charge is 0.265 e. The van der Waals surface area contributed by atoms with E-state index in [1.165, 1.54) is 0 Å². The van der Waals surface area contributed by atoms with Gasteiger partial charge in [0.05, 0.1) is 17.3 Å². The molecule has 4 aliphatic rings. The van der Waals surface area contributed by atoms with Gasteiger partial charge in [-0.05, 0) is 62.0 Å². The Morgan fingerprint density at radius 2 is 1.61 bits per heavy atom. The molecule has 1 aromatic heterocycles. The Kier molecular flexibility index (Phi) is 8.40. The zero-order valence-electron chi connectivity index (χ0n) is 28.2. The molecule has 10 nitrogen and oxygen atoms in total. The lowest BCUT2D eigenvalue weighted by molar-refractivity contribution is -0.142. The Labute approximate surface area is 299 Å². The Hall–Kier alpha value is -4.71. The number of hydrogen-bond donors (Lipinski definition) is 2. The predicted molar refractivity (Wildman–Crippen MR) is 186 cm³/mol. The second-order valence-electron chi connectivity index (χ2n) is 14.0. The van der Waals surface area contributed by atoms with Crippen molar-refractivity contribution < 1.29 is 38.2 Å². The molecule has 4 aromatic rings. The summed E-state index contributed by atoms with van der Waals surface area (Å²) in [5.74, 6) is -4.66. The highest BCUT2D eigenvalue weighted by Gasteiger charge is 2.65. The fraction of sp³-hybridized carbons (Fsp3) is 0.359. The average Bonchev–Trinajstić information content (AvgIpc) is 3.81. The quantitative estimate of drug-likeness (QED) is 0.196. The van der Waals surface area contributed by atoms with Crippen LogP contribution in [0.1, 0.15) is 63.7 Å². The van der Waals surface area contributed by atoms with Gasteiger partial charge in [0.25, 0.3) is 5.88 Å². The Balaban J connectivity index is 1.24. The first-order valence-corrected chi connectivity index (χ1v) is 17.5. The number of hydrogen-bond acceptors (Lipinski definition) is 10. The molecule has 3 aromatic carbocycles. The SMILES string of the molecule is CN(C)[C@@H]1c2onc(OCc3ccccc3)c2C(=O)[C@@]2(O)C(=O)C3=C(O)c4c(c(F)c(N5CCCC5)c(Cl)c4OCc4ccccc4)C[C@H]3C[C@@H]12. The maximum absolute atomic E-state index is 16.8. The van der Waals surface area contributed by atoms with E-state index in [1.807, 2.05) is 65.6 Å². The van der Waals surface area contributed by atoms with Gasteiger partial charge in [-0.15, -0.1) is 0 Å². The first-order valence-electron chi connectivity index (χ1n) is 17.1. The molecule has 12 heteroatoms. The van der Waals surface area contributed by atoms with Gasteiger partial charge in [-0.2, -0.15) is 0 Å². The molecule has 2 fully saturated rings. The summed E-state index contributed by atoms with van der Waals surface area (Å²) in [6.07, 6.45) is 1.84. The number of anilines is 1. The van der Waals surface area contributed by atoms with Crippen LogP contribution in [0.4, 0.5) is 10.1 Å². The third kappa shape index (κ3) is 5.24. The maximum Gasteiger partial charge on any atom is 0.265 e. The maximum atomic E-state index is 16.8. The molecule has 0 radical (unpaired) electrons. The fourth-order valence-corrected chi connectivity index (χ4v) is 8.72. The molecule has 2 N–H and O–H groups in total. The van der Waals surface area contributed by atoms with E-state index in [0.717, 1.165) is 24.0 Å². The molecule has 51 heavy (non-hydrogen) atoms. The van der Waals surface area contributed by atoms with E-state index in [4.69, 9.17) is 25.6 Å². The molecule has 2 heterocycles. The predicted octanol–water partition coefficient (Wildman–Crippen LogP) is 6.49. The number of ether oxygens (including phenoxy) is 2. The van der Waals surface area contributed by atoms with Crippen molar-refractivity contribution in [2.45, 2.75) is 50.5 Å². The summed E-state index contributed by atoms with van der Waals surface area (Å²) >= 11 is 6.96. The number of aliphatic hydroxyl groups excluding tert-OH is 1. The largest absolute Gasteiger partial charge is 0.507 e. The lowest BCUT2D eigenvalue weighted by atomic mass is 9.57. The summed E-state index contributed by atoms with van der Waals surface area (Å²) in [5, 5.41) is 28.5. The van der Waals surface area contributed by atoms with Crippen molar-refractivity contribution in [1.82, 2.24) is 10.1 Å². The number of aliphatic hydroxyl groups is 2. The summed E-state index contributed by atoms with van der Waals surface area (Å²) in [6, 6.07) is 17.8. The molecular weight excluding hydrogens is 677 g/mol. The topological polar surface area (TPSA) is 126 Å². The first kappa shape index (κ1) is 33.4. The van der Waals surface area contributed by atoms with Gasteiger partial charge in [0.15, 0.2) is 22.9 Å². The summed E-state index contributed by atoms with van der Waals surface area (Å²) < 4.78 is 34.7. The number of carbonyl (C=O) groups is 2. The van der Waals surface area contributed by atoms with E-state index in [1.54, 1.807) is 19.0 Å². The number of Topliss-reactive ketones (excluding diaryl/α,β-unsaturated/α-hetero) is 2. The second-order valence-corrected chi connectivity index (χ2v) is 14.3. The van der Waals surface area contributed by atoms with Crippen LogP contribution in [-0.2, 0) is 24.4 Å². The van der Waals surface area contributed by atoms with Crippen molar-refractivity contribution in [3.63, 3.8) is 0 Å². The minimum Gasteiger partial charge on any atom is -0.507 e. The second kappa shape index (κ2) is 12.8. The van der Waals surface area contributed by atoms with Crippen molar-refractivity contribution in [2.24, 2.45) is 11.8 Å². The zero-order chi connectivity index (χ0) is 35.6. The van der Waals surface area contributed by atoms with E-state index in [2.05, 4.69) is 5.16 Å². The van der Waals surface area contributed by atoms with Crippen LogP contribution in [0, 0.1) is 17.7 Å². The highest BCUT2D eigenvalue weighted by atomic mass is 35.5. The average molecular weight is 714 g/mol. The molecule has 0 unspecified atom stereocenters. The number of carbonyl (C=O) groups excluding carboxylic acids is 2. The molecule has 1 saturated heterocycles. The molecule has 264 valence electrons. The number of halogens is 2. The number of ketones is 2. The standard InChI is InChI=1S/C39H37ClFN3O7/c1-43(2)31-25-18-23-17-24-27(34(49-19-21-11-5-3-6-12-21)29(40)32(30(24)41)44-15-9-10-16-44)33(45)26(23)36(46)39(25,48)37(47)28-35(31)51-42-38(28)50-20-22-13-7-4-8-14-22/h3-8,11-14,23,25,31,45,48H,9-10,15-20H2,1-2H3/t23-,25-,31-,39-/m0/s1. The number of fused-ring (bicyclic) bond motifs is 4. The summed E-state index contributed by atoms with van der Waals surface area (Å²) in [7, 11) is 3.50. The first-order chi connectivity index (χ1) is 24.6. The van der Waals surface area contributed by atoms with Crippen LogP contribution in [-0.4, -0.2) is 64.6 Å². The van der Waals surface area contributed by atoms with Gasteiger partial charge in [0.1, 0.15) is 29.6 Å². The van der Waals surface area contributed by atoms with Gasteiger partial charge in [-0.25, -0.2) is 4.39 Å². The number of rotatable bonds is 8. The molecule has 0 spiro atoms. The monoisotopic (exact) mass is 713 g/mol. The van der Waals surface area contributed by atoms with E-state index in [9.17, 15) is 19.8 Å². The van der Waals surface area contributed by atoms with Gasteiger partial charge >= 0.3 is 0 Å². The fourth-order valence-electron chi connectivity index (χ4n) is 8.37. The number of aromatic nitrogens is 1. The van der Waals surface area contributed by atoms with Crippen LogP contribution in [0.25, 0.3) is 5.76 Å². The van der Waals surface area contributed by atoms with Gasteiger partial charge in [-0.3, -0.25) is 14.5 Å². The van der Waals surface area contributed by atoms with Crippen molar-refractivity contribution in [3.8, 4) is 11.6 Å². The Bertz CT molecular complexity index is 2060. The van der Waals surface area contributed by atoms with Crippen molar-refractivity contribution >= 4 is 34.6 Å². The molecule has 8 rings (SSSR count).